The summed E-state index contributed by atoms with van der Waals surface area (Å²) in [5.41, 5.74) is 0.226. The van der Waals surface area contributed by atoms with E-state index in [4.69, 9.17) is 5.11 Å². The largest absolute Gasteiger partial charge is 0.480 e. The van der Waals surface area contributed by atoms with Gasteiger partial charge in [0.1, 0.15) is 5.54 Å². The predicted molar refractivity (Wildman–Crippen MR) is 62.0 cm³/mol. The number of pyridine rings is 1. The molecule has 0 atom stereocenters. The molecule has 1 N–H and O–H groups in total. The molecule has 16 heavy (non-hydrogen) atoms. The molecule has 0 aliphatic rings. The first-order chi connectivity index (χ1) is 7.48. The fourth-order valence-corrected chi connectivity index (χ4v) is 1.55. The molecule has 0 aliphatic carbocycles. The molecule has 0 radical (unpaired) electrons. The average molecular weight is 222 g/mol. The van der Waals surface area contributed by atoms with Gasteiger partial charge in [-0.1, -0.05) is 6.92 Å². The van der Waals surface area contributed by atoms with Crippen LogP contribution in [0.1, 0.15) is 26.3 Å². The lowest BCUT2D eigenvalue weighted by Crippen LogP contribution is -2.49. The molecule has 0 spiro atoms. The summed E-state index contributed by atoms with van der Waals surface area (Å²) in [4.78, 5) is 17.0. The van der Waals surface area contributed by atoms with Crippen molar-refractivity contribution in [3.63, 3.8) is 0 Å². The van der Waals surface area contributed by atoms with E-state index in [-0.39, 0.29) is 0 Å². The summed E-state index contributed by atoms with van der Waals surface area (Å²) in [6.45, 7) is 6.73. The number of aromatic nitrogens is 1. The molecule has 88 valence electrons. The Hall–Kier alpha value is -1.42. The average Bonchev–Trinajstić information content (AvgIpc) is 2.26. The minimum Gasteiger partial charge on any atom is -0.480 e. The minimum absolute atomic E-state index is 0.623. The Labute approximate surface area is 95.9 Å². The van der Waals surface area contributed by atoms with Crippen LogP contribution in [0.3, 0.4) is 0 Å². The van der Waals surface area contributed by atoms with Crippen molar-refractivity contribution in [2.24, 2.45) is 0 Å². The summed E-state index contributed by atoms with van der Waals surface area (Å²) in [5.74, 6) is -0.802. The molecule has 4 heteroatoms. The minimum atomic E-state index is -0.849. The standard InChI is InChI=1S/C12H18N2O2/c1-4-14(12(2,3)11(15)16)9-10-5-7-13-8-6-10/h5-8H,4,9H2,1-3H3,(H,15,16). The Balaban J connectivity index is 2.81. The monoisotopic (exact) mass is 222 g/mol. The van der Waals surface area contributed by atoms with Gasteiger partial charge >= 0.3 is 5.97 Å². The highest BCUT2D eigenvalue weighted by atomic mass is 16.4. The van der Waals surface area contributed by atoms with Crippen molar-refractivity contribution >= 4 is 5.97 Å². The van der Waals surface area contributed by atoms with Crippen LogP contribution >= 0.6 is 0 Å². The molecule has 1 aromatic heterocycles. The maximum atomic E-state index is 11.2. The van der Waals surface area contributed by atoms with Gasteiger partial charge in [0.05, 0.1) is 0 Å². The number of hydrogen-bond donors (Lipinski definition) is 1. The van der Waals surface area contributed by atoms with Crippen LogP contribution in [0.25, 0.3) is 0 Å². The molecule has 0 saturated heterocycles. The molecular weight excluding hydrogens is 204 g/mol. The van der Waals surface area contributed by atoms with Crippen LogP contribution in [-0.2, 0) is 11.3 Å². The second kappa shape index (κ2) is 5.07. The number of carboxylic acids is 1. The van der Waals surface area contributed by atoms with Gasteiger partial charge in [-0.25, -0.2) is 0 Å². The third-order valence-electron chi connectivity index (χ3n) is 2.82. The van der Waals surface area contributed by atoms with E-state index in [1.54, 1.807) is 26.2 Å². The van der Waals surface area contributed by atoms with Crippen molar-refractivity contribution in [3.05, 3.63) is 30.1 Å². The Bertz CT molecular complexity index is 349. The van der Waals surface area contributed by atoms with Gasteiger partial charge < -0.3 is 5.11 Å². The van der Waals surface area contributed by atoms with Gasteiger partial charge in [0.2, 0.25) is 0 Å². The summed E-state index contributed by atoms with van der Waals surface area (Å²) in [7, 11) is 0. The fraction of sp³-hybridized carbons (Fsp3) is 0.500. The number of carbonyl (C=O) groups is 1. The number of rotatable bonds is 5. The van der Waals surface area contributed by atoms with Crippen LogP contribution in [-0.4, -0.2) is 33.0 Å². The van der Waals surface area contributed by atoms with Gasteiger partial charge in [0.25, 0.3) is 0 Å². The van der Waals surface area contributed by atoms with Crippen molar-refractivity contribution in [1.29, 1.82) is 0 Å². The topological polar surface area (TPSA) is 53.4 Å². The zero-order valence-electron chi connectivity index (χ0n) is 9.97. The zero-order chi connectivity index (χ0) is 12.2. The van der Waals surface area contributed by atoms with Crippen molar-refractivity contribution in [2.75, 3.05) is 6.54 Å². The molecule has 0 bridgehead atoms. The van der Waals surface area contributed by atoms with Gasteiger partial charge in [0.15, 0.2) is 0 Å². The highest BCUT2D eigenvalue weighted by Crippen LogP contribution is 2.17. The maximum absolute atomic E-state index is 11.2. The third-order valence-corrected chi connectivity index (χ3v) is 2.82. The van der Waals surface area contributed by atoms with E-state index in [1.165, 1.54) is 0 Å². The lowest BCUT2D eigenvalue weighted by molar-refractivity contribution is -0.149. The SMILES string of the molecule is CCN(Cc1ccncc1)C(C)(C)C(=O)O. The van der Waals surface area contributed by atoms with Gasteiger partial charge in [-0.3, -0.25) is 14.7 Å². The van der Waals surface area contributed by atoms with E-state index >= 15 is 0 Å². The van der Waals surface area contributed by atoms with Crippen LogP contribution in [0.2, 0.25) is 0 Å². The van der Waals surface area contributed by atoms with Crippen molar-refractivity contribution in [2.45, 2.75) is 32.9 Å². The molecular formula is C12H18N2O2. The highest BCUT2D eigenvalue weighted by molar-refractivity contribution is 5.77. The van der Waals surface area contributed by atoms with Crippen molar-refractivity contribution < 1.29 is 9.90 Å². The summed E-state index contributed by atoms with van der Waals surface area (Å²) in [6.07, 6.45) is 3.44. The lowest BCUT2D eigenvalue weighted by atomic mass is 10.0. The van der Waals surface area contributed by atoms with E-state index in [1.807, 2.05) is 24.0 Å². The van der Waals surface area contributed by atoms with Crippen LogP contribution in [0.5, 0.6) is 0 Å². The van der Waals surface area contributed by atoms with Gasteiger partial charge in [0, 0.05) is 18.9 Å². The second-order valence-corrected chi connectivity index (χ2v) is 4.23. The molecule has 1 heterocycles. The number of aliphatic carboxylic acids is 1. The van der Waals surface area contributed by atoms with Crippen molar-refractivity contribution in [3.8, 4) is 0 Å². The van der Waals surface area contributed by atoms with E-state index in [9.17, 15) is 4.79 Å². The van der Waals surface area contributed by atoms with E-state index < -0.39 is 11.5 Å². The first-order valence-electron chi connectivity index (χ1n) is 5.35. The van der Waals surface area contributed by atoms with E-state index in [0.717, 1.165) is 5.56 Å². The molecule has 1 aromatic rings. The highest BCUT2D eigenvalue weighted by Gasteiger charge is 2.33. The quantitative estimate of drug-likeness (QED) is 0.825. The summed E-state index contributed by atoms with van der Waals surface area (Å²) in [6, 6.07) is 3.81. The Kier molecular flexibility index (Phi) is 4.01. The second-order valence-electron chi connectivity index (χ2n) is 4.23. The zero-order valence-corrected chi connectivity index (χ0v) is 9.97. The molecule has 0 saturated carbocycles. The molecule has 0 aliphatic heterocycles. The number of nitrogens with zero attached hydrogens (tertiary/aromatic N) is 2. The third kappa shape index (κ3) is 2.79. The molecule has 0 amide bonds. The smallest absolute Gasteiger partial charge is 0.323 e. The van der Waals surface area contributed by atoms with Crippen LogP contribution in [0.4, 0.5) is 0 Å². The molecule has 0 fully saturated rings. The lowest BCUT2D eigenvalue weighted by Gasteiger charge is -2.34. The van der Waals surface area contributed by atoms with Crippen molar-refractivity contribution in [1.82, 2.24) is 9.88 Å². The predicted octanol–water partition coefficient (Wildman–Crippen LogP) is 1.77. The van der Waals surface area contributed by atoms with Crippen LogP contribution in [0.15, 0.2) is 24.5 Å². The van der Waals surface area contributed by atoms with Gasteiger partial charge in [-0.15, -0.1) is 0 Å². The molecule has 0 unspecified atom stereocenters. The van der Waals surface area contributed by atoms with E-state index in [0.29, 0.717) is 13.1 Å². The van der Waals surface area contributed by atoms with Gasteiger partial charge in [-0.2, -0.15) is 0 Å². The number of hydrogen-bond acceptors (Lipinski definition) is 3. The number of likely N-dealkylation sites (N-methyl/N-ethyl adjacent to an activating group) is 1. The Morgan fingerprint density at radius 3 is 2.44 bits per heavy atom. The molecule has 1 rings (SSSR count). The normalized spacial score (nSPS) is 11.8. The number of carboxylic acid groups (broad SMARTS) is 1. The van der Waals surface area contributed by atoms with Crippen LogP contribution < -0.4 is 0 Å². The van der Waals surface area contributed by atoms with Gasteiger partial charge in [-0.05, 0) is 38.1 Å². The molecule has 4 nitrogen and oxygen atoms in total. The molecule has 0 aromatic carbocycles. The first-order valence-corrected chi connectivity index (χ1v) is 5.35. The summed E-state index contributed by atoms with van der Waals surface area (Å²) in [5, 5.41) is 9.17. The maximum Gasteiger partial charge on any atom is 0.323 e. The first kappa shape index (κ1) is 12.6. The summed E-state index contributed by atoms with van der Waals surface area (Å²) >= 11 is 0. The fourth-order valence-electron chi connectivity index (χ4n) is 1.55. The Morgan fingerprint density at radius 2 is 2.00 bits per heavy atom. The Morgan fingerprint density at radius 1 is 1.44 bits per heavy atom. The summed E-state index contributed by atoms with van der Waals surface area (Å²) < 4.78 is 0. The van der Waals surface area contributed by atoms with Crippen LogP contribution in [0, 0.1) is 0 Å². The van der Waals surface area contributed by atoms with E-state index in [2.05, 4.69) is 4.98 Å².